The van der Waals surface area contributed by atoms with Crippen LogP contribution in [-0.4, -0.2) is 5.11 Å². The number of furan rings is 1. The summed E-state index contributed by atoms with van der Waals surface area (Å²) in [5.41, 5.74) is 3.49. The predicted molar refractivity (Wildman–Crippen MR) is 80.8 cm³/mol. The van der Waals surface area contributed by atoms with E-state index in [9.17, 15) is 5.11 Å². The van der Waals surface area contributed by atoms with Crippen molar-refractivity contribution in [2.45, 2.75) is 0 Å². The highest BCUT2D eigenvalue weighted by molar-refractivity contribution is 6.05. The summed E-state index contributed by atoms with van der Waals surface area (Å²) < 4.78 is 5.87. The summed E-state index contributed by atoms with van der Waals surface area (Å²) in [6.45, 7) is 0. The summed E-state index contributed by atoms with van der Waals surface area (Å²) in [7, 11) is 0. The summed E-state index contributed by atoms with van der Waals surface area (Å²) in [6, 6.07) is 21.4. The van der Waals surface area contributed by atoms with E-state index in [-0.39, 0.29) is 5.75 Å². The molecule has 0 unspecified atom stereocenters. The lowest BCUT2D eigenvalue weighted by Gasteiger charge is -2.03. The topological polar surface area (TPSA) is 33.4 Å². The summed E-state index contributed by atoms with van der Waals surface area (Å²) in [4.78, 5) is 0. The van der Waals surface area contributed by atoms with Gasteiger partial charge in [0.25, 0.3) is 0 Å². The van der Waals surface area contributed by atoms with Gasteiger partial charge in [-0.25, -0.2) is 0 Å². The largest absolute Gasteiger partial charge is 0.507 e. The Labute approximate surface area is 115 Å². The first-order chi connectivity index (χ1) is 9.83. The Bertz CT molecular complexity index is 919. The first-order valence-electron chi connectivity index (χ1n) is 6.52. The van der Waals surface area contributed by atoms with Crippen LogP contribution in [0.15, 0.2) is 71.1 Å². The molecule has 4 rings (SSSR count). The van der Waals surface area contributed by atoms with Crippen molar-refractivity contribution >= 4 is 21.9 Å². The third-order valence-corrected chi connectivity index (χ3v) is 3.59. The van der Waals surface area contributed by atoms with Crippen molar-refractivity contribution in [3.05, 3.63) is 66.7 Å². The third kappa shape index (κ3) is 1.58. The third-order valence-electron chi connectivity index (χ3n) is 3.59. The van der Waals surface area contributed by atoms with E-state index >= 15 is 0 Å². The van der Waals surface area contributed by atoms with Crippen LogP contribution in [0.4, 0.5) is 0 Å². The second kappa shape index (κ2) is 4.14. The molecular formula is C18H12O2. The SMILES string of the molecule is Oc1ccccc1-c1ccc2c(c1)oc1ccccc12. The maximum Gasteiger partial charge on any atom is 0.136 e. The zero-order chi connectivity index (χ0) is 13.5. The van der Waals surface area contributed by atoms with Crippen molar-refractivity contribution in [1.29, 1.82) is 0 Å². The number of rotatable bonds is 1. The maximum absolute atomic E-state index is 9.95. The number of hydrogen-bond acceptors (Lipinski definition) is 2. The monoisotopic (exact) mass is 260 g/mol. The van der Waals surface area contributed by atoms with E-state index < -0.39 is 0 Å². The molecule has 0 fully saturated rings. The maximum atomic E-state index is 9.95. The zero-order valence-corrected chi connectivity index (χ0v) is 10.7. The average molecular weight is 260 g/mol. The van der Waals surface area contributed by atoms with E-state index in [1.165, 1.54) is 0 Å². The first kappa shape index (κ1) is 11.1. The van der Waals surface area contributed by atoms with Gasteiger partial charge in [-0.05, 0) is 29.8 Å². The number of benzene rings is 3. The number of fused-ring (bicyclic) bond motifs is 3. The molecule has 1 aromatic heterocycles. The molecule has 4 aromatic rings. The molecule has 0 saturated heterocycles. The van der Waals surface area contributed by atoms with Gasteiger partial charge in [-0.2, -0.15) is 0 Å². The highest BCUT2D eigenvalue weighted by Gasteiger charge is 2.09. The number of para-hydroxylation sites is 2. The summed E-state index contributed by atoms with van der Waals surface area (Å²) in [5.74, 6) is 0.281. The Hall–Kier alpha value is -2.74. The van der Waals surface area contributed by atoms with Gasteiger partial charge in [-0.15, -0.1) is 0 Å². The lowest BCUT2D eigenvalue weighted by atomic mass is 10.0. The van der Waals surface area contributed by atoms with Crippen molar-refractivity contribution < 1.29 is 9.52 Å². The molecule has 0 amide bonds. The molecule has 0 aliphatic carbocycles. The number of phenols is 1. The fourth-order valence-electron chi connectivity index (χ4n) is 2.61. The van der Waals surface area contributed by atoms with E-state index in [2.05, 4.69) is 6.07 Å². The molecule has 0 saturated carbocycles. The van der Waals surface area contributed by atoms with Gasteiger partial charge in [0, 0.05) is 16.3 Å². The van der Waals surface area contributed by atoms with Gasteiger partial charge >= 0.3 is 0 Å². The molecule has 0 bridgehead atoms. The Morgan fingerprint density at radius 1 is 0.700 bits per heavy atom. The van der Waals surface area contributed by atoms with Crippen LogP contribution in [0.5, 0.6) is 5.75 Å². The molecule has 1 heterocycles. The van der Waals surface area contributed by atoms with E-state index in [0.717, 1.165) is 33.1 Å². The number of aromatic hydroxyl groups is 1. The van der Waals surface area contributed by atoms with Gasteiger partial charge in [0.1, 0.15) is 16.9 Å². The standard InChI is InChI=1S/C18H12O2/c19-16-7-3-1-5-13(16)12-9-10-15-14-6-2-4-8-17(14)20-18(15)11-12/h1-11,19H. The smallest absolute Gasteiger partial charge is 0.136 e. The Morgan fingerprint density at radius 2 is 1.45 bits per heavy atom. The predicted octanol–water partition coefficient (Wildman–Crippen LogP) is 4.96. The molecule has 0 atom stereocenters. The quantitative estimate of drug-likeness (QED) is 0.525. The van der Waals surface area contributed by atoms with Crippen molar-refractivity contribution in [2.75, 3.05) is 0 Å². The Balaban J connectivity index is 2.00. The molecule has 1 N–H and O–H groups in total. The fraction of sp³-hybridized carbons (Fsp3) is 0. The molecule has 96 valence electrons. The molecule has 0 aliphatic rings. The summed E-state index contributed by atoms with van der Waals surface area (Å²) in [5, 5.41) is 12.2. The minimum absolute atomic E-state index is 0.281. The van der Waals surface area contributed by atoms with E-state index in [1.807, 2.05) is 54.6 Å². The zero-order valence-electron chi connectivity index (χ0n) is 10.7. The van der Waals surface area contributed by atoms with Crippen LogP contribution in [0.25, 0.3) is 33.1 Å². The van der Waals surface area contributed by atoms with Crippen LogP contribution >= 0.6 is 0 Å². The lowest BCUT2D eigenvalue weighted by Crippen LogP contribution is -1.78. The number of phenolic OH excluding ortho intramolecular Hbond substituents is 1. The van der Waals surface area contributed by atoms with E-state index in [0.29, 0.717) is 0 Å². The van der Waals surface area contributed by atoms with Crippen LogP contribution in [0.2, 0.25) is 0 Å². The highest BCUT2D eigenvalue weighted by Crippen LogP contribution is 2.34. The van der Waals surface area contributed by atoms with E-state index in [4.69, 9.17) is 4.42 Å². The van der Waals surface area contributed by atoms with Gasteiger partial charge in [0.05, 0.1) is 0 Å². The highest BCUT2D eigenvalue weighted by atomic mass is 16.3. The Morgan fingerprint density at radius 3 is 2.35 bits per heavy atom. The first-order valence-corrected chi connectivity index (χ1v) is 6.52. The van der Waals surface area contributed by atoms with Gasteiger partial charge in [0.2, 0.25) is 0 Å². The van der Waals surface area contributed by atoms with Crippen LogP contribution in [0.1, 0.15) is 0 Å². The van der Waals surface area contributed by atoms with Gasteiger partial charge < -0.3 is 9.52 Å². The van der Waals surface area contributed by atoms with Crippen molar-refractivity contribution in [1.82, 2.24) is 0 Å². The van der Waals surface area contributed by atoms with Crippen LogP contribution < -0.4 is 0 Å². The molecule has 3 aromatic carbocycles. The second-order valence-electron chi connectivity index (χ2n) is 4.83. The van der Waals surface area contributed by atoms with Gasteiger partial charge in [-0.1, -0.05) is 42.5 Å². The molecule has 20 heavy (non-hydrogen) atoms. The van der Waals surface area contributed by atoms with Crippen molar-refractivity contribution in [3.8, 4) is 16.9 Å². The molecule has 2 nitrogen and oxygen atoms in total. The summed E-state index contributed by atoms with van der Waals surface area (Å²) in [6.07, 6.45) is 0. The van der Waals surface area contributed by atoms with Crippen LogP contribution in [0, 0.1) is 0 Å². The normalized spacial score (nSPS) is 11.2. The molecule has 0 spiro atoms. The van der Waals surface area contributed by atoms with Crippen LogP contribution in [0.3, 0.4) is 0 Å². The molecule has 2 heteroatoms. The summed E-state index contributed by atoms with van der Waals surface area (Å²) >= 11 is 0. The van der Waals surface area contributed by atoms with Gasteiger partial charge in [-0.3, -0.25) is 0 Å². The lowest BCUT2D eigenvalue weighted by molar-refractivity contribution is 0.477. The minimum atomic E-state index is 0.281. The molecular weight excluding hydrogens is 248 g/mol. The molecule has 0 radical (unpaired) electrons. The fourth-order valence-corrected chi connectivity index (χ4v) is 2.61. The van der Waals surface area contributed by atoms with Gasteiger partial charge in [0.15, 0.2) is 0 Å². The van der Waals surface area contributed by atoms with Crippen LogP contribution in [-0.2, 0) is 0 Å². The average Bonchev–Trinajstić information content (AvgIpc) is 2.85. The number of hydrogen-bond donors (Lipinski definition) is 1. The second-order valence-corrected chi connectivity index (χ2v) is 4.83. The van der Waals surface area contributed by atoms with Crippen molar-refractivity contribution in [2.24, 2.45) is 0 Å². The van der Waals surface area contributed by atoms with Crippen molar-refractivity contribution in [3.63, 3.8) is 0 Å². The van der Waals surface area contributed by atoms with E-state index in [1.54, 1.807) is 6.07 Å². The Kier molecular flexibility index (Phi) is 2.30. The minimum Gasteiger partial charge on any atom is -0.507 e. The molecule has 0 aliphatic heterocycles.